The maximum Gasteiger partial charge on any atom is 0.222 e. The van der Waals surface area contributed by atoms with E-state index in [0.29, 0.717) is 5.28 Å². The summed E-state index contributed by atoms with van der Waals surface area (Å²) >= 11 is 5.80. The molecule has 0 aliphatic carbocycles. The number of rotatable bonds is 2. The van der Waals surface area contributed by atoms with E-state index in [4.69, 9.17) is 11.6 Å². The third kappa shape index (κ3) is 2.22. The van der Waals surface area contributed by atoms with Crippen molar-refractivity contribution in [3.05, 3.63) is 46.9 Å². The van der Waals surface area contributed by atoms with Crippen LogP contribution in [0.5, 0.6) is 0 Å². The number of benzene rings is 1. The molecule has 1 aromatic heterocycles. The first-order valence-corrected chi connectivity index (χ1v) is 5.67. The lowest BCUT2D eigenvalue weighted by molar-refractivity contribution is 1.12. The van der Waals surface area contributed by atoms with Crippen molar-refractivity contribution in [2.24, 2.45) is 0 Å². The molecule has 3 heteroatoms. The molecule has 0 fully saturated rings. The zero-order valence-electron chi connectivity index (χ0n) is 9.37. The molecular weight excluding hydrogens is 220 g/mol. The molecule has 0 amide bonds. The van der Waals surface area contributed by atoms with E-state index in [9.17, 15) is 0 Å². The SMILES string of the molecule is CCc1ccc(-c2nc(Cl)ncc2C)cc1. The molecule has 2 nitrogen and oxygen atoms in total. The molecule has 0 unspecified atom stereocenters. The van der Waals surface area contributed by atoms with Crippen molar-refractivity contribution >= 4 is 11.6 Å². The zero-order chi connectivity index (χ0) is 11.5. The second-order valence-electron chi connectivity index (χ2n) is 3.72. The van der Waals surface area contributed by atoms with Gasteiger partial charge in [0.1, 0.15) is 0 Å². The molecule has 2 aromatic rings. The standard InChI is InChI=1S/C13H13ClN2/c1-3-10-4-6-11(7-5-10)12-9(2)8-15-13(14)16-12/h4-8H,3H2,1-2H3. The van der Waals surface area contributed by atoms with E-state index in [1.807, 2.05) is 6.92 Å². The van der Waals surface area contributed by atoms with Crippen molar-refractivity contribution in [1.82, 2.24) is 9.97 Å². The average Bonchev–Trinajstić information content (AvgIpc) is 2.32. The third-order valence-electron chi connectivity index (χ3n) is 2.58. The number of nitrogens with zero attached hydrogens (tertiary/aromatic N) is 2. The Labute approximate surface area is 100 Å². The van der Waals surface area contributed by atoms with Crippen molar-refractivity contribution in [2.75, 3.05) is 0 Å². The first kappa shape index (κ1) is 11.1. The summed E-state index contributed by atoms with van der Waals surface area (Å²) in [5.74, 6) is 0. The summed E-state index contributed by atoms with van der Waals surface area (Å²) < 4.78 is 0. The summed E-state index contributed by atoms with van der Waals surface area (Å²) in [6, 6.07) is 8.38. The Bertz CT molecular complexity index is 492. The van der Waals surface area contributed by atoms with Gasteiger partial charge in [0.2, 0.25) is 5.28 Å². The lowest BCUT2D eigenvalue weighted by Gasteiger charge is -2.05. The van der Waals surface area contributed by atoms with Gasteiger partial charge < -0.3 is 0 Å². The van der Waals surface area contributed by atoms with Crippen LogP contribution in [0.1, 0.15) is 18.1 Å². The molecule has 1 heterocycles. The predicted molar refractivity (Wildman–Crippen MR) is 66.6 cm³/mol. The Kier molecular flexibility index (Phi) is 3.20. The molecule has 16 heavy (non-hydrogen) atoms. The highest BCUT2D eigenvalue weighted by Crippen LogP contribution is 2.22. The second-order valence-corrected chi connectivity index (χ2v) is 4.06. The fourth-order valence-corrected chi connectivity index (χ4v) is 1.74. The molecular formula is C13H13ClN2. The van der Waals surface area contributed by atoms with E-state index in [0.717, 1.165) is 23.2 Å². The Morgan fingerprint density at radius 3 is 2.50 bits per heavy atom. The molecule has 0 saturated heterocycles. The summed E-state index contributed by atoms with van der Waals surface area (Å²) in [5.41, 5.74) is 4.34. The van der Waals surface area contributed by atoms with Gasteiger partial charge in [-0.05, 0) is 36.1 Å². The Morgan fingerprint density at radius 1 is 1.19 bits per heavy atom. The smallest absolute Gasteiger partial charge is 0.222 e. The van der Waals surface area contributed by atoms with Crippen LogP contribution < -0.4 is 0 Å². The van der Waals surface area contributed by atoms with Gasteiger partial charge in [0.25, 0.3) is 0 Å². The highest BCUT2D eigenvalue weighted by atomic mass is 35.5. The van der Waals surface area contributed by atoms with E-state index in [2.05, 4.69) is 41.2 Å². The molecule has 0 atom stereocenters. The van der Waals surface area contributed by atoms with Crippen LogP contribution in [0.4, 0.5) is 0 Å². The fourth-order valence-electron chi connectivity index (χ4n) is 1.61. The summed E-state index contributed by atoms with van der Waals surface area (Å²) in [6.07, 6.45) is 2.79. The molecule has 0 aliphatic heterocycles. The van der Waals surface area contributed by atoms with Gasteiger partial charge in [-0.15, -0.1) is 0 Å². The number of halogens is 1. The van der Waals surface area contributed by atoms with E-state index < -0.39 is 0 Å². The third-order valence-corrected chi connectivity index (χ3v) is 2.76. The molecule has 2 rings (SSSR count). The van der Waals surface area contributed by atoms with Crippen molar-refractivity contribution < 1.29 is 0 Å². The molecule has 0 N–H and O–H groups in total. The summed E-state index contributed by atoms with van der Waals surface area (Å²) in [7, 11) is 0. The van der Waals surface area contributed by atoms with E-state index in [-0.39, 0.29) is 0 Å². The highest BCUT2D eigenvalue weighted by Gasteiger charge is 2.05. The van der Waals surface area contributed by atoms with Crippen LogP contribution in [0, 0.1) is 6.92 Å². The lowest BCUT2D eigenvalue weighted by atomic mass is 10.1. The minimum Gasteiger partial charge on any atom is -0.226 e. The first-order chi connectivity index (χ1) is 7.70. The van der Waals surface area contributed by atoms with Gasteiger partial charge in [-0.25, -0.2) is 9.97 Å². The molecule has 0 radical (unpaired) electrons. The maximum atomic E-state index is 5.80. The van der Waals surface area contributed by atoms with Gasteiger partial charge in [-0.1, -0.05) is 31.2 Å². The van der Waals surface area contributed by atoms with Gasteiger partial charge in [0.15, 0.2) is 0 Å². The van der Waals surface area contributed by atoms with Gasteiger partial charge in [0.05, 0.1) is 5.69 Å². The number of hydrogen-bond acceptors (Lipinski definition) is 2. The highest BCUT2D eigenvalue weighted by molar-refractivity contribution is 6.28. The molecule has 0 aliphatic rings. The van der Waals surface area contributed by atoms with Gasteiger partial charge in [-0.2, -0.15) is 0 Å². The quantitative estimate of drug-likeness (QED) is 0.739. The minimum absolute atomic E-state index is 0.292. The van der Waals surface area contributed by atoms with Crippen molar-refractivity contribution in [3.63, 3.8) is 0 Å². The predicted octanol–water partition coefficient (Wildman–Crippen LogP) is 3.67. The summed E-state index contributed by atoms with van der Waals surface area (Å²) in [6.45, 7) is 4.13. The number of hydrogen-bond donors (Lipinski definition) is 0. The van der Waals surface area contributed by atoms with Gasteiger partial charge in [-0.3, -0.25) is 0 Å². The van der Waals surface area contributed by atoms with Crippen molar-refractivity contribution in [2.45, 2.75) is 20.3 Å². The lowest BCUT2D eigenvalue weighted by Crippen LogP contribution is -1.91. The largest absolute Gasteiger partial charge is 0.226 e. The van der Waals surface area contributed by atoms with Crippen LogP contribution in [0.25, 0.3) is 11.3 Å². The van der Waals surface area contributed by atoms with Crippen LogP contribution in [0.2, 0.25) is 5.28 Å². The Balaban J connectivity index is 2.45. The minimum atomic E-state index is 0.292. The van der Waals surface area contributed by atoms with Crippen LogP contribution in [0.3, 0.4) is 0 Å². The second kappa shape index (κ2) is 4.62. The summed E-state index contributed by atoms with van der Waals surface area (Å²) in [5, 5.41) is 0.292. The first-order valence-electron chi connectivity index (χ1n) is 5.29. The van der Waals surface area contributed by atoms with Crippen LogP contribution >= 0.6 is 11.6 Å². The van der Waals surface area contributed by atoms with Crippen molar-refractivity contribution in [3.8, 4) is 11.3 Å². The normalized spacial score (nSPS) is 10.4. The van der Waals surface area contributed by atoms with Crippen LogP contribution in [-0.2, 0) is 6.42 Å². The van der Waals surface area contributed by atoms with Crippen LogP contribution in [0.15, 0.2) is 30.5 Å². The number of aromatic nitrogens is 2. The van der Waals surface area contributed by atoms with E-state index in [1.54, 1.807) is 6.20 Å². The van der Waals surface area contributed by atoms with E-state index in [1.165, 1.54) is 5.56 Å². The Hall–Kier alpha value is -1.41. The van der Waals surface area contributed by atoms with Gasteiger partial charge >= 0.3 is 0 Å². The molecule has 0 bridgehead atoms. The monoisotopic (exact) mass is 232 g/mol. The zero-order valence-corrected chi connectivity index (χ0v) is 10.1. The van der Waals surface area contributed by atoms with Gasteiger partial charge in [0, 0.05) is 11.8 Å². The Morgan fingerprint density at radius 2 is 1.88 bits per heavy atom. The fraction of sp³-hybridized carbons (Fsp3) is 0.231. The topological polar surface area (TPSA) is 25.8 Å². The molecule has 0 saturated carbocycles. The average molecular weight is 233 g/mol. The molecule has 0 spiro atoms. The van der Waals surface area contributed by atoms with Crippen molar-refractivity contribution in [1.29, 1.82) is 0 Å². The maximum absolute atomic E-state index is 5.80. The molecule has 82 valence electrons. The van der Waals surface area contributed by atoms with E-state index >= 15 is 0 Å². The van der Waals surface area contributed by atoms with Crippen LogP contribution in [-0.4, -0.2) is 9.97 Å². The number of aryl methyl sites for hydroxylation is 2. The summed E-state index contributed by atoms with van der Waals surface area (Å²) in [4.78, 5) is 8.21. The molecule has 1 aromatic carbocycles.